The molecule has 1 fully saturated rings. The number of nitrogens with zero attached hydrogens (tertiary/aromatic N) is 2. The van der Waals surface area contributed by atoms with Gasteiger partial charge in [-0.15, -0.1) is 0 Å². The molecule has 0 amide bonds. The Morgan fingerprint density at radius 2 is 0.917 bits per heavy atom. The van der Waals surface area contributed by atoms with E-state index >= 15 is 0 Å². The van der Waals surface area contributed by atoms with Crippen LogP contribution in [-0.4, -0.2) is 11.4 Å². The molecule has 24 heavy (non-hydrogen) atoms. The lowest BCUT2D eigenvalue weighted by Gasteiger charge is -2.15. The molecule has 0 radical (unpaired) electrons. The van der Waals surface area contributed by atoms with Gasteiger partial charge < -0.3 is 0 Å². The van der Waals surface area contributed by atoms with E-state index in [0.29, 0.717) is 0 Å². The van der Waals surface area contributed by atoms with E-state index in [1.807, 2.05) is 74.5 Å². The minimum Gasteiger partial charge on any atom is -0.279 e. The van der Waals surface area contributed by atoms with Crippen LogP contribution < -0.4 is 10.9 Å². The van der Waals surface area contributed by atoms with Gasteiger partial charge >= 0.3 is 0 Å². The van der Waals surface area contributed by atoms with Gasteiger partial charge in [0.2, 0.25) is 0 Å². The van der Waals surface area contributed by atoms with Gasteiger partial charge in [-0.2, -0.15) is 10.2 Å². The zero-order chi connectivity index (χ0) is 17.0. The van der Waals surface area contributed by atoms with Crippen LogP contribution in [0.2, 0.25) is 0 Å². The standard InChI is InChI=1S/C18H20N4.C2H6/c1-3-7-15(8-4-1)19-21-17-11-13-18(14-12-17)22-20-16-9-5-2-6-10-16;1-2/h1-10,19-20H,11-14H2;1-2H3. The Balaban J connectivity index is 0.00000100. The van der Waals surface area contributed by atoms with E-state index in [9.17, 15) is 0 Å². The highest BCUT2D eigenvalue weighted by Crippen LogP contribution is 2.15. The maximum Gasteiger partial charge on any atom is 0.0561 e. The molecule has 126 valence electrons. The molecule has 0 bridgehead atoms. The van der Waals surface area contributed by atoms with Gasteiger partial charge in [0, 0.05) is 11.4 Å². The average molecular weight is 322 g/mol. The summed E-state index contributed by atoms with van der Waals surface area (Å²) in [4.78, 5) is 0. The van der Waals surface area contributed by atoms with Crippen molar-refractivity contribution >= 4 is 22.8 Å². The van der Waals surface area contributed by atoms with Gasteiger partial charge in [-0.1, -0.05) is 50.2 Å². The Morgan fingerprint density at radius 1 is 0.583 bits per heavy atom. The number of rotatable bonds is 4. The molecule has 2 aromatic carbocycles. The molecule has 0 atom stereocenters. The molecule has 2 aromatic rings. The lowest BCUT2D eigenvalue weighted by molar-refractivity contribution is 0.935. The molecular weight excluding hydrogens is 296 g/mol. The highest BCUT2D eigenvalue weighted by Gasteiger charge is 2.12. The Labute approximate surface area is 144 Å². The number of para-hydroxylation sites is 2. The third-order valence-corrected chi connectivity index (χ3v) is 3.64. The third-order valence-electron chi connectivity index (χ3n) is 3.64. The summed E-state index contributed by atoms with van der Waals surface area (Å²) >= 11 is 0. The number of benzene rings is 2. The number of hydrogen-bond acceptors (Lipinski definition) is 4. The molecule has 0 unspecified atom stereocenters. The molecule has 2 N–H and O–H groups in total. The summed E-state index contributed by atoms with van der Waals surface area (Å²) in [5, 5.41) is 8.99. The first-order valence-electron chi connectivity index (χ1n) is 8.63. The second-order valence-corrected chi connectivity index (χ2v) is 5.31. The third kappa shape index (κ3) is 5.88. The fraction of sp³-hybridized carbons (Fsp3) is 0.300. The van der Waals surface area contributed by atoms with E-state index in [2.05, 4.69) is 21.1 Å². The normalized spacial score (nSPS) is 13.4. The van der Waals surface area contributed by atoms with Crippen molar-refractivity contribution in [3.05, 3.63) is 60.7 Å². The van der Waals surface area contributed by atoms with Crippen molar-refractivity contribution in [1.82, 2.24) is 0 Å². The number of anilines is 2. The van der Waals surface area contributed by atoms with Gasteiger partial charge in [-0.05, 0) is 49.9 Å². The van der Waals surface area contributed by atoms with Crippen molar-refractivity contribution in [2.75, 3.05) is 10.9 Å². The summed E-state index contributed by atoms with van der Waals surface area (Å²) in [7, 11) is 0. The van der Waals surface area contributed by atoms with Gasteiger partial charge in [0.25, 0.3) is 0 Å². The van der Waals surface area contributed by atoms with Crippen LogP contribution in [0.15, 0.2) is 70.9 Å². The van der Waals surface area contributed by atoms with Crippen LogP contribution in [-0.2, 0) is 0 Å². The predicted molar refractivity (Wildman–Crippen MR) is 105 cm³/mol. The van der Waals surface area contributed by atoms with Crippen LogP contribution in [0.5, 0.6) is 0 Å². The molecule has 0 aliphatic heterocycles. The Kier molecular flexibility index (Phi) is 7.54. The van der Waals surface area contributed by atoms with E-state index in [0.717, 1.165) is 37.1 Å². The largest absolute Gasteiger partial charge is 0.279 e. The second kappa shape index (κ2) is 10.2. The van der Waals surface area contributed by atoms with E-state index < -0.39 is 0 Å². The molecule has 0 saturated heterocycles. The first-order chi connectivity index (χ1) is 11.9. The summed E-state index contributed by atoms with van der Waals surface area (Å²) in [6.07, 6.45) is 3.87. The van der Waals surface area contributed by atoms with Crippen LogP contribution in [0.1, 0.15) is 39.5 Å². The fourth-order valence-electron chi connectivity index (χ4n) is 2.36. The molecule has 0 spiro atoms. The molecular formula is C20H26N4. The van der Waals surface area contributed by atoms with Crippen molar-refractivity contribution in [2.24, 2.45) is 10.2 Å². The summed E-state index contributed by atoms with van der Waals surface area (Å²) in [5.74, 6) is 0. The lowest BCUT2D eigenvalue weighted by atomic mass is 9.97. The Morgan fingerprint density at radius 3 is 1.25 bits per heavy atom. The van der Waals surface area contributed by atoms with E-state index in [1.54, 1.807) is 0 Å². The quantitative estimate of drug-likeness (QED) is 0.728. The Hall–Kier alpha value is -2.62. The average Bonchev–Trinajstić information content (AvgIpc) is 2.69. The molecule has 3 rings (SSSR count). The monoisotopic (exact) mass is 322 g/mol. The Bertz CT molecular complexity index is 576. The van der Waals surface area contributed by atoms with Crippen molar-refractivity contribution in [2.45, 2.75) is 39.5 Å². The highest BCUT2D eigenvalue weighted by molar-refractivity contribution is 5.98. The smallest absolute Gasteiger partial charge is 0.0561 e. The second-order valence-electron chi connectivity index (χ2n) is 5.31. The molecule has 4 nitrogen and oxygen atoms in total. The summed E-state index contributed by atoms with van der Waals surface area (Å²) < 4.78 is 0. The van der Waals surface area contributed by atoms with Crippen LogP contribution in [0.3, 0.4) is 0 Å². The predicted octanol–water partition coefficient (Wildman–Crippen LogP) is 5.52. The van der Waals surface area contributed by atoms with Gasteiger partial charge in [0.1, 0.15) is 0 Å². The van der Waals surface area contributed by atoms with Crippen molar-refractivity contribution in [1.29, 1.82) is 0 Å². The number of nitrogens with one attached hydrogen (secondary N) is 2. The SMILES string of the molecule is CC.c1ccc(NN=C2CCC(=NNc3ccccc3)CC2)cc1. The fourth-order valence-corrected chi connectivity index (χ4v) is 2.36. The maximum absolute atomic E-state index is 4.50. The van der Waals surface area contributed by atoms with Crippen molar-refractivity contribution < 1.29 is 0 Å². The minimum atomic E-state index is 0.967. The van der Waals surface area contributed by atoms with Crippen molar-refractivity contribution in [3.8, 4) is 0 Å². The van der Waals surface area contributed by atoms with Gasteiger partial charge in [-0.25, -0.2) is 0 Å². The van der Waals surface area contributed by atoms with Crippen LogP contribution in [0.4, 0.5) is 11.4 Å². The molecule has 1 aliphatic carbocycles. The van der Waals surface area contributed by atoms with E-state index in [-0.39, 0.29) is 0 Å². The zero-order valence-electron chi connectivity index (χ0n) is 14.5. The first kappa shape index (κ1) is 17.7. The zero-order valence-corrected chi connectivity index (χ0v) is 14.5. The van der Waals surface area contributed by atoms with Gasteiger partial charge in [0.15, 0.2) is 0 Å². The minimum absolute atomic E-state index is 0.967. The maximum atomic E-state index is 4.50. The topological polar surface area (TPSA) is 48.8 Å². The van der Waals surface area contributed by atoms with Gasteiger partial charge in [0.05, 0.1) is 11.4 Å². The van der Waals surface area contributed by atoms with Crippen LogP contribution >= 0.6 is 0 Å². The van der Waals surface area contributed by atoms with E-state index in [4.69, 9.17) is 0 Å². The van der Waals surface area contributed by atoms with Gasteiger partial charge in [-0.3, -0.25) is 10.9 Å². The highest BCUT2D eigenvalue weighted by atomic mass is 15.3. The van der Waals surface area contributed by atoms with Crippen LogP contribution in [0, 0.1) is 0 Å². The summed E-state index contributed by atoms with van der Waals surface area (Å²) in [6, 6.07) is 20.1. The van der Waals surface area contributed by atoms with Crippen LogP contribution in [0.25, 0.3) is 0 Å². The molecule has 1 saturated carbocycles. The molecule has 0 heterocycles. The van der Waals surface area contributed by atoms with E-state index in [1.165, 1.54) is 11.4 Å². The number of hydrazone groups is 2. The summed E-state index contributed by atoms with van der Waals surface area (Å²) in [5.41, 5.74) is 10.7. The molecule has 1 aliphatic rings. The van der Waals surface area contributed by atoms with Crippen molar-refractivity contribution in [3.63, 3.8) is 0 Å². The first-order valence-corrected chi connectivity index (χ1v) is 8.63. The molecule has 0 aromatic heterocycles. The summed E-state index contributed by atoms with van der Waals surface area (Å²) in [6.45, 7) is 4.00. The molecule has 4 heteroatoms. The number of hydrogen-bond donors (Lipinski definition) is 2. The lowest BCUT2D eigenvalue weighted by Crippen LogP contribution is -2.16.